The number of nitrogens with one attached hydrogen (secondary N) is 1. The quantitative estimate of drug-likeness (QED) is 0.653. The third-order valence-corrected chi connectivity index (χ3v) is 5.12. The maximum Gasteiger partial charge on any atom is 0.407 e. The summed E-state index contributed by atoms with van der Waals surface area (Å²) in [6.45, 7) is 3.81. The molecule has 4 rings (SSSR count). The summed E-state index contributed by atoms with van der Waals surface area (Å²) in [7, 11) is 1.35. The van der Waals surface area contributed by atoms with E-state index in [1.807, 2.05) is 32.0 Å². The monoisotopic (exact) mass is 418 g/mol. The zero-order valence-electron chi connectivity index (χ0n) is 17.5. The van der Waals surface area contributed by atoms with Crippen molar-refractivity contribution in [3.8, 4) is 34.7 Å². The predicted molar refractivity (Wildman–Crippen MR) is 112 cm³/mol. The van der Waals surface area contributed by atoms with Gasteiger partial charge in [0.15, 0.2) is 0 Å². The van der Waals surface area contributed by atoms with Crippen molar-refractivity contribution in [2.75, 3.05) is 7.11 Å². The molecule has 1 aromatic heterocycles. The van der Waals surface area contributed by atoms with Crippen molar-refractivity contribution in [3.05, 3.63) is 53.1 Å². The molecule has 0 fully saturated rings. The number of amides is 1. The number of fused-ring (bicyclic) bond motifs is 1. The van der Waals surface area contributed by atoms with Crippen LogP contribution in [0.15, 0.2) is 40.9 Å². The van der Waals surface area contributed by atoms with Crippen LogP contribution < -0.4 is 10.1 Å². The summed E-state index contributed by atoms with van der Waals surface area (Å²) in [6.07, 6.45) is 1.06. The van der Waals surface area contributed by atoms with E-state index in [0.29, 0.717) is 28.6 Å². The van der Waals surface area contributed by atoms with E-state index in [9.17, 15) is 10.1 Å². The van der Waals surface area contributed by atoms with Gasteiger partial charge >= 0.3 is 6.09 Å². The number of carbonyl (C=O) groups excluding carboxylic acids is 1. The van der Waals surface area contributed by atoms with Crippen molar-refractivity contribution >= 4 is 6.09 Å². The summed E-state index contributed by atoms with van der Waals surface area (Å²) < 4.78 is 15.9. The fourth-order valence-corrected chi connectivity index (χ4v) is 3.77. The molecule has 1 unspecified atom stereocenters. The van der Waals surface area contributed by atoms with Crippen LogP contribution in [0.2, 0.25) is 0 Å². The molecule has 158 valence electrons. The fourth-order valence-electron chi connectivity index (χ4n) is 3.77. The first-order chi connectivity index (χ1) is 15.0. The summed E-state index contributed by atoms with van der Waals surface area (Å²) in [5.41, 5.74) is 4.01. The van der Waals surface area contributed by atoms with Gasteiger partial charge in [0.05, 0.1) is 24.8 Å². The van der Waals surface area contributed by atoms with Crippen LogP contribution in [0.1, 0.15) is 43.0 Å². The molecule has 0 radical (unpaired) electrons. The molecule has 1 atom stereocenters. The zero-order valence-corrected chi connectivity index (χ0v) is 17.5. The third-order valence-electron chi connectivity index (χ3n) is 5.12. The Morgan fingerprint density at radius 3 is 2.90 bits per heavy atom. The lowest BCUT2D eigenvalue weighted by Crippen LogP contribution is -2.26. The second kappa shape index (κ2) is 8.48. The number of hydrogen-bond acceptors (Lipinski definition) is 7. The number of hydrogen-bond donors (Lipinski definition) is 1. The summed E-state index contributed by atoms with van der Waals surface area (Å²) in [5, 5.41) is 16.5. The van der Waals surface area contributed by atoms with E-state index in [2.05, 4.69) is 21.5 Å². The summed E-state index contributed by atoms with van der Waals surface area (Å²) in [5.74, 6) is 1.31. The Kier molecular flexibility index (Phi) is 5.58. The van der Waals surface area contributed by atoms with Crippen LogP contribution in [-0.4, -0.2) is 29.4 Å². The van der Waals surface area contributed by atoms with Gasteiger partial charge in [-0.25, -0.2) is 4.79 Å². The maximum atomic E-state index is 11.6. The van der Waals surface area contributed by atoms with Crippen LogP contribution in [0.3, 0.4) is 0 Å². The van der Waals surface area contributed by atoms with Crippen LogP contribution in [0.5, 0.6) is 5.75 Å². The van der Waals surface area contributed by atoms with E-state index in [0.717, 1.165) is 29.5 Å². The Labute approximate surface area is 179 Å². The van der Waals surface area contributed by atoms with Crippen LogP contribution >= 0.6 is 0 Å². The molecule has 8 nitrogen and oxygen atoms in total. The lowest BCUT2D eigenvalue weighted by atomic mass is 10.0. The fraction of sp³-hybridized carbons (Fsp3) is 0.304. The highest BCUT2D eigenvalue weighted by Gasteiger charge is 2.28. The second-order valence-corrected chi connectivity index (χ2v) is 7.51. The molecule has 0 saturated carbocycles. The molecule has 0 bridgehead atoms. The van der Waals surface area contributed by atoms with Gasteiger partial charge in [-0.05, 0) is 56.0 Å². The largest absolute Gasteiger partial charge is 0.490 e. The summed E-state index contributed by atoms with van der Waals surface area (Å²) in [6, 6.07) is 13.1. The number of nitriles is 1. The molecule has 0 saturated heterocycles. The first kappa shape index (κ1) is 20.4. The van der Waals surface area contributed by atoms with Gasteiger partial charge in [-0.15, -0.1) is 0 Å². The van der Waals surface area contributed by atoms with Crippen LogP contribution in [0.25, 0.3) is 22.8 Å². The smallest absolute Gasteiger partial charge is 0.407 e. The van der Waals surface area contributed by atoms with E-state index >= 15 is 0 Å². The standard InChI is InChI=1S/C23H22N4O4/c1-13(2)30-20-10-7-14(11-15(20)12-24)22-26-21(27-31-22)18-6-4-5-17-16(18)8-9-19(17)25-23(28)29-3/h4-7,10-11,13,19H,8-9H2,1-3H3,(H,25,28). The number of methoxy groups -OCH3 is 1. The van der Waals surface area contributed by atoms with Gasteiger partial charge in [-0.3, -0.25) is 0 Å². The zero-order chi connectivity index (χ0) is 22.0. The van der Waals surface area contributed by atoms with Crippen molar-refractivity contribution in [1.82, 2.24) is 15.5 Å². The molecule has 1 aliphatic rings. The molecule has 3 aromatic rings. The summed E-state index contributed by atoms with van der Waals surface area (Å²) >= 11 is 0. The van der Waals surface area contributed by atoms with Gasteiger partial charge < -0.3 is 19.3 Å². The van der Waals surface area contributed by atoms with E-state index in [4.69, 9.17) is 14.0 Å². The summed E-state index contributed by atoms with van der Waals surface area (Å²) in [4.78, 5) is 16.2. The Morgan fingerprint density at radius 1 is 1.32 bits per heavy atom. The molecule has 1 heterocycles. The molecule has 0 aliphatic heterocycles. The highest BCUT2D eigenvalue weighted by Crippen LogP contribution is 2.37. The number of rotatable bonds is 5. The minimum Gasteiger partial charge on any atom is -0.490 e. The predicted octanol–water partition coefficient (Wildman–Crippen LogP) is 4.41. The van der Waals surface area contributed by atoms with Gasteiger partial charge in [0.1, 0.15) is 11.8 Å². The first-order valence-corrected chi connectivity index (χ1v) is 10.0. The SMILES string of the molecule is COC(=O)NC1CCc2c(-c3noc(-c4ccc(OC(C)C)c(C#N)c4)n3)cccc21. The van der Waals surface area contributed by atoms with Crippen molar-refractivity contribution in [3.63, 3.8) is 0 Å². The Hall–Kier alpha value is -3.86. The van der Waals surface area contributed by atoms with Gasteiger partial charge in [-0.1, -0.05) is 23.4 Å². The van der Waals surface area contributed by atoms with Gasteiger partial charge in [0.25, 0.3) is 5.89 Å². The highest BCUT2D eigenvalue weighted by molar-refractivity contribution is 5.70. The highest BCUT2D eigenvalue weighted by atomic mass is 16.5. The van der Waals surface area contributed by atoms with Crippen LogP contribution in [0.4, 0.5) is 4.79 Å². The maximum absolute atomic E-state index is 11.6. The molecule has 2 aromatic carbocycles. The molecule has 31 heavy (non-hydrogen) atoms. The normalized spacial score (nSPS) is 14.7. The van der Waals surface area contributed by atoms with E-state index in [1.165, 1.54) is 7.11 Å². The number of aromatic nitrogens is 2. The number of benzene rings is 2. The van der Waals surface area contributed by atoms with Gasteiger partial charge in [-0.2, -0.15) is 10.2 Å². The minimum atomic E-state index is -0.455. The topological polar surface area (TPSA) is 110 Å². The van der Waals surface area contributed by atoms with Crippen molar-refractivity contribution in [2.24, 2.45) is 0 Å². The molecular formula is C23H22N4O4. The number of nitrogens with zero attached hydrogens (tertiary/aromatic N) is 3. The van der Waals surface area contributed by atoms with E-state index < -0.39 is 6.09 Å². The molecule has 1 aliphatic carbocycles. The average Bonchev–Trinajstić information content (AvgIpc) is 3.41. The third kappa shape index (κ3) is 4.08. The average molecular weight is 418 g/mol. The Balaban J connectivity index is 1.64. The lowest BCUT2D eigenvalue weighted by Gasteiger charge is -2.13. The lowest BCUT2D eigenvalue weighted by molar-refractivity contribution is 0.166. The second-order valence-electron chi connectivity index (χ2n) is 7.51. The van der Waals surface area contributed by atoms with Gasteiger partial charge in [0, 0.05) is 11.1 Å². The molecule has 1 amide bonds. The Bertz CT molecular complexity index is 1160. The van der Waals surface area contributed by atoms with E-state index in [-0.39, 0.29) is 12.1 Å². The van der Waals surface area contributed by atoms with Crippen LogP contribution in [0, 0.1) is 11.3 Å². The molecule has 8 heteroatoms. The Morgan fingerprint density at radius 2 is 2.16 bits per heavy atom. The van der Waals surface area contributed by atoms with Crippen molar-refractivity contribution in [2.45, 2.75) is 38.8 Å². The number of alkyl carbamates (subject to hydrolysis) is 1. The van der Waals surface area contributed by atoms with Crippen molar-refractivity contribution < 1.29 is 18.8 Å². The minimum absolute atomic E-state index is 0.0365. The van der Waals surface area contributed by atoms with E-state index in [1.54, 1.807) is 18.2 Å². The van der Waals surface area contributed by atoms with Crippen molar-refractivity contribution in [1.29, 1.82) is 5.26 Å². The molecule has 1 N–H and O–H groups in total. The van der Waals surface area contributed by atoms with Crippen LogP contribution in [-0.2, 0) is 11.2 Å². The number of ether oxygens (including phenoxy) is 2. The van der Waals surface area contributed by atoms with Gasteiger partial charge in [0.2, 0.25) is 5.82 Å². The molecular weight excluding hydrogens is 396 g/mol. The number of carbonyl (C=O) groups is 1. The first-order valence-electron chi connectivity index (χ1n) is 10.0. The molecule has 0 spiro atoms.